The van der Waals surface area contributed by atoms with E-state index in [1.165, 1.54) is 37.7 Å². The van der Waals surface area contributed by atoms with Crippen LogP contribution in [0.15, 0.2) is 29.8 Å². The van der Waals surface area contributed by atoms with Crippen LogP contribution in [0.5, 0.6) is 0 Å². The highest BCUT2D eigenvalue weighted by molar-refractivity contribution is 6.30. The van der Waals surface area contributed by atoms with Crippen molar-refractivity contribution in [2.45, 2.75) is 32.1 Å². The summed E-state index contributed by atoms with van der Waals surface area (Å²) in [5.41, 5.74) is 2.88. The molecule has 14 heavy (non-hydrogen) atoms. The van der Waals surface area contributed by atoms with Gasteiger partial charge in [0.15, 0.2) is 0 Å². The molecule has 0 atom stereocenters. The van der Waals surface area contributed by atoms with Gasteiger partial charge in [-0.3, -0.25) is 0 Å². The fourth-order valence-corrected chi connectivity index (χ4v) is 2.07. The van der Waals surface area contributed by atoms with Crippen LogP contribution in [-0.2, 0) is 0 Å². The van der Waals surface area contributed by atoms with E-state index in [1.807, 2.05) is 12.1 Å². The Labute approximate surface area is 90.6 Å². The average Bonchev–Trinajstić information content (AvgIpc) is 2.23. The first-order chi connectivity index (χ1) is 6.84. The summed E-state index contributed by atoms with van der Waals surface area (Å²) < 4.78 is 0. The van der Waals surface area contributed by atoms with Gasteiger partial charge in [-0.15, -0.1) is 0 Å². The van der Waals surface area contributed by atoms with Gasteiger partial charge in [-0.05, 0) is 43.4 Å². The molecule has 1 aromatic carbocycles. The van der Waals surface area contributed by atoms with Gasteiger partial charge in [0.1, 0.15) is 0 Å². The van der Waals surface area contributed by atoms with E-state index in [1.54, 1.807) is 5.57 Å². The Hall–Kier alpha value is -0.750. The van der Waals surface area contributed by atoms with Crippen molar-refractivity contribution in [2.24, 2.45) is 0 Å². The zero-order valence-electron chi connectivity index (χ0n) is 8.30. The second-order valence-electron chi connectivity index (χ2n) is 3.91. The Morgan fingerprint density at radius 3 is 2.21 bits per heavy atom. The topological polar surface area (TPSA) is 0 Å². The lowest BCUT2D eigenvalue weighted by Gasteiger charge is -2.13. The van der Waals surface area contributed by atoms with Gasteiger partial charge in [-0.2, -0.15) is 0 Å². The molecule has 0 unspecified atom stereocenters. The van der Waals surface area contributed by atoms with E-state index < -0.39 is 0 Å². The Bertz CT molecular complexity index is 314. The van der Waals surface area contributed by atoms with Crippen molar-refractivity contribution in [1.29, 1.82) is 0 Å². The highest BCUT2D eigenvalue weighted by Crippen LogP contribution is 2.25. The maximum absolute atomic E-state index is 5.83. The highest BCUT2D eigenvalue weighted by Gasteiger charge is 2.04. The minimum absolute atomic E-state index is 0.816. The second kappa shape index (κ2) is 4.65. The summed E-state index contributed by atoms with van der Waals surface area (Å²) in [6.07, 6.45) is 9.00. The molecule has 0 heterocycles. The molecule has 0 aliphatic heterocycles. The first kappa shape index (κ1) is 9.79. The van der Waals surface area contributed by atoms with Crippen LogP contribution in [0.2, 0.25) is 5.02 Å². The Balaban J connectivity index is 2.11. The highest BCUT2D eigenvalue weighted by atomic mass is 35.5. The van der Waals surface area contributed by atoms with Gasteiger partial charge in [-0.1, -0.05) is 41.8 Å². The summed E-state index contributed by atoms with van der Waals surface area (Å²) in [6.45, 7) is 0. The van der Waals surface area contributed by atoms with Crippen LogP contribution in [0.3, 0.4) is 0 Å². The summed E-state index contributed by atoms with van der Waals surface area (Å²) in [4.78, 5) is 0. The lowest BCUT2D eigenvalue weighted by molar-refractivity contribution is 0.602. The summed E-state index contributed by atoms with van der Waals surface area (Å²) in [7, 11) is 0. The number of halogens is 1. The molecule has 0 saturated heterocycles. The maximum Gasteiger partial charge on any atom is 0.0406 e. The molecule has 2 rings (SSSR count). The monoisotopic (exact) mass is 206 g/mol. The van der Waals surface area contributed by atoms with E-state index >= 15 is 0 Å². The second-order valence-corrected chi connectivity index (χ2v) is 4.35. The fourth-order valence-electron chi connectivity index (χ4n) is 1.94. The molecule has 0 aromatic heterocycles. The fraction of sp³-hybridized carbons (Fsp3) is 0.385. The average molecular weight is 207 g/mol. The summed E-state index contributed by atoms with van der Waals surface area (Å²) in [5, 5.41) is 0.816. The van der Waals surface area contributed by atoms with E-state index in [2.05, 4.69) is 18.2 Å². The molecule has 0 bridgehead atoms. The molecular weight excluding hydrogens is 192 g/mol. The number of hydrogen-bond donors (Lipinski definition) is 0. The standard InChI is InChI=1S/C13H15Cl/c14-13-8-6-12(7-9-13)10-11-4-2-1-3-5-11/h6-10H,1-5H2. The predicted octanol–water partition coefficient (Wildman–Crippen LogP) is 4.69. The van der Waals surface area contributed by atoms with Gasteiger partial charge in [-0.25, -0.2) is 0 Å². The van der Waals surface area contributed by atoms with E-state index in [-0.39, 0.29) is 0 Å². The van der Waals surface area contributed by atoms with E-state index in [4.69, 9.17) is 11.6 Å². The zero-order chi connectivity index (χ0) is 9.80. The Morgan fingerprint density at radius 2 is 1.57 bits per heavy atom. The molecule has 1 aromatic rings. The molecule has 0 nitrogen and oxygen atoms in total. The molecule has 0 radical (unpaired) electrons. The third kappa shape index (κ3) is 2.62. The van der Waals surface area contributed by atoms with Crippen molar-refractivity contribution < 1.29 is 0 Å². The van der Waals surface area contributed by atoms with Crippen LogP contribution in [-0.4, -0.2) is 0 Å². The first-order valence-corrected chi connectivity index (χ1v) is 5.67. The molecule has 1 heteroatoms. The number of hydrogen-bond acceptors (Lipinski definition) is 0. The Morgan fingerprint density at radius 1 is 0.929 bits per heavy atom. The Kier molecular flexibility index (Phi) is 3.26. The molecule has 0 N–H and O–H groups in total. The van der Waals surface area contributed by atoms with Crippen LogP contribution in [0.1, 0.15) is 37.7 Å². The zero-order valence-corrected chi connectivity index (χ0v) is 9.06. The summed E-state index contributed by atoms with van der Waals surface area (Å²) in [5.74, 6) is 0. The largest absolute Gasteiger partial charge is 0.0843 e. The van der Waals surface area contributed by atoms with Crippen molar-refractivity contribution in [2.75, 3.05) is 0 Å². The molecule has 1 aliphatic carbocycles. The van der Waals surface area contributed by atoms with Crippen LogP contribution < -0.4 is 0 Å². The van der Waals surface area contributed by atoms with Crippen molar-refractivity contribution >= 4 is 17.7 Å². The first-order valence-electron chi connectivity index (χ1n) is 5.29. The third-order valence-electron chi connectivity index (χ3n) is 2.74. The number of rotatable bonds is 1. The van der Waals surface area contributed by atoms with Crippen molar-refractivity contribution in [3.63, 3.8) is 0 Å². The van der Waals surface area contributed by atoms with Gasteiger partial charge in [0.05, 0.1) is 0 Å². The maximum atomic E-state index is 5.83. The van der Waals surface area contributed by atoms with Crippen LogP contribution in [0.25, 0.3) is 6.08 Å². The molecule has 1 fully saturated rings. The summed E-state index contributed by atoms with van der Waals surface area (Å²) >= 11 is 5.83. The minimum Gasteiger partial charge on any atom is -0.0843 e. The smallest absolute Gasteiger partial charge is 0.0406 e. The minimum atomic E-state index is 0.816. The molecule has 74 valence electrons. The lowest BCUT2D eigenvalue weighted by atomic mass is 9.93. The van der Waals surface area contributed by atoms with Gasteiger partial charge in [0, 0.05) is 5.02 Å². The van der Waals surface area contributed by atoms with E-state index in [9.17, 15) is 0 Å². The SMILES string of the molecule is Clc1ccc(C=C2CCCCC2)cc1. The normalized spacial score (nSPS) is 16.8. The third-order valence-corrected chi connectivity index (χ3v) is 2.99. The molecule has 1 aliphatic rings. The van der Waals surface area contributed by atoms with Crippen LogP contribution in [0, 0.1) is 0 Å². The van der Waals surface area contributed by atoms with Crippen molar-refractivity contribution in [3.8, 4) is 0 Å². The van der Waals surface area contributed by atoms with Gasteiger partial charge < -0.3 is 0 Å². The molecule has 0 spiro atoms. The number of benzene rings is 1. The van der Waals surface area contributed by atoms with Gasteiger partial charge >= 0.3 is 0 Å². The van der Waals surface area contributed by atoms with E-state index in [0.29, 0.717) is 0 Å². The molecule has 0 amide bonds. The predicted molar refractivity (Wildman–Crippen MR) is 62.5 cm³/mol. The van der Waals surface area contributed by atoms with Crippen molar-refractivity contribution in [3.05, 3.63) is 40.4 Å². The van der Waals surface area contributed by atoms with Gasteiger partial charge in [0.2, 0.25) is 0 Å². The number of allylic oxidation sites excluding steroid dienone is 1. The quantitative estimate of drug-likeness (QED) is 0.626. The molecular formula is C13H15Cl. The van der Waals surface area contributed by atoms with Gasteiger partial charge in [0.25, 0.3) is 0 Å². The van der Waals surface area contributed by atoms with Crippen molar-refractivity contribution in [1.82, 2.24) is 0 Å². The van der Waals surface area contributed by atoms with Crippen LogP contribution >= 0.6 is 11.6 Å². The van der Waals surface area contributed by atoms with E-state index in [0.717, 1.165) is 5.02 Å². The summed E-state index contributed by atoms with van der Waals surface area (Å²) in [6, 6.07) is 8.08. The lowest BCUT2D eigenvalue weighted by Crippen LogP contribution is -1.93. The van der Waals surface area contributed by atoms with Crippen LogP contribution in [0.4, 0.5) is 0 Å². The molecule has 1 saturated carbocycles.